The minimum atomic E-state index is -0.405. The van der Waals surface area contributed by atoms with Crippen molar-refractivity contribution in [2.75, 3.05) is 0 Å². The summed E-state index contributed by atoms with van der Waals surface area (Å²) in [6.45, 7) is 2.71. The first kappa shape index (κ1) is 11.8. The van der Waals surface area contributed by atoms with Crippen molar-refractivity contribution < 1.29 is 9.90 Å². The summed E-state index contributed by atoms with van der Waals surface area (Å²) >= 11 is 0. The molecule has 1 amide bonds. The second kappa shape index (κ2) is 4.12. The molecular weight excluding hydrogens is 242 g/mol. The van der Waals surface area contributed by atoms with Gasteiger partial charge < -0.3 is 15.4 Å². The summed E-state index contributed by atoms with van der Waals surface area (Å²) < 4.78 is 2.08. The van der Waals surface area contributed by atoms with Gasteiger partial charge in [-0.2, -0.15) is 0 Å². The van der Waals surface area contributed by atoms with E-state index < -0.39 is 5.91 Å². The van der Waals surface area contributed by atoms with Crippen molar-refractivity contribution in [3.05, 3.63) is 35.2 Å². The van der Waals surface area contributed by atoms with E-state index in [4.69, 9.17) is 5.73 Å². The van der Waals surface area contributed by atoms with Crippen LogP contribution in [0.2, 0.25) is 0 Å². The van der Waals surface area contributed by atoms with Gasteiger partial charge >= 0.3 is 0 Å². The molecule has 0 spiro atoms. The Labute approximate surface area is 110 Å². The lowest BCUT2D eigenvalue weighted by Crippen LogP contribution is -2.13. The Morgan fingerprint density at radius 1 is 1.53 bits per heavy atom. The highest BCUT2D eigenvalue weighted by Crippen LogP contribution is 2.37. The Bertz CT molecular complexity index is 674. The Balaban J connectivity index is 2.32. The molecule has 98 valence electrons. The predicted molar refractivity (Wildman–Crippen MR) is 70.9 cm³/mol. The van der Waals surface area contributed by atoms with E-state index in [0.717, 1.165) is 36.3 Å². The molecule has 0 atom stereocenters. The minimum absolute atomic E-state index is 0.0196. The third kappa shape index (κ3) is 1.62. The molecule has 0 radical (unpaired) electrons. The lowest BCUT2D eigenvalue weighted by atomic mass is 10.0. The molecule has 3 rings (SSSR count). The van der Waals surface area contributed by atoms with Crippen LogP contribution < -0.4 is 5.73 Å². The fraction of sp³-hybridized carbons (Fsp3) is 0.286. The van der Waals surface area contributed by atoms with Crippen LogP contribution in [0.5, 0.6) is 5.88 Å². The fourth-order valence-electron chi connectivity index (χ4n) is 2.97. The molecule has 1 aliphatic rings. The molecule has 0 fully saturated rings. The normalized spacial score (nSPS) is 13.5. The summed E-state index contributed by atoms with van der Waals surface area (Å²) in [4.78, 5) is 15.5. The van der Waals surface area contributed by atoms with Gasteiger partial charge in [0.25, 0.3) is 5.91 Å². The lowest BCUT2D eigenvalue weighted by molar-refractivity contribution is 0.0999. The molecule has 5 nitrogen and oxygen atoms in total. The van der Waals surface area contributed by atoms with Crippen LogP contribution in [-0.4, -0.2) is 20.6 Å². The molecule has 2 aromatic rings. The first-order valence-electron chi connectivity index (χ1n) is 6.27. The summed E-state index contributed by atoms with van der Waals surface area (Å²) in [7, 11) is 0. The Kier molecular flexibility index (Phi) is 2.55. The van der Waals surface area contributed by atoms with E-state index in [2.05, 4.69) is 9.55 Å². The van der Waals surface area contributed by atoms with E-state index in [1.54, 1.807) is 12.1 Å². The zero-order valence-electron chi connectivity index (χ0n) is 10.7. The standard InChI is InChI=1S/C14H15N3O2/c1-8-11(13(15)18)10-5-3-7-17(10)12(8)9-4-2-6-16-14(9)19/h2,4,6H,3,5,7H2,1H3,(H2,15,18)(H,16,19). The molecule has 0 bridgehead atoms. The Morgan fingerprint density at radius 2 is 2.32 bits per heavy atom. The van der Waals surface area contributed by atoms with Gasteiger partial charge in [0, 0.05) is 18.4 Å². The quantitative estimate of drug-likeness (QED) is 0.857. The molecule has 0 unspecified atom stereocenters. The van der Waals surface area contributed by atoms with Gasteiger partial charge in [0.15, 0.2) is 0 Å². The molecule has 0 saturated carbocycles. The summed E-state index contributed by atoms with van der Waals surface area (Å²) in [6.07, 6.45) is 3.38. The number of carbonyl (C=O) groups is 1. The van der Waals surface area contributed by atoms with Gasteiger partial charge in [0.05, 0.1) is 16.8 Å². The number of pyridine rings is 1. The van der Waals surface area contributed by atoms with Crippen LogP contribution in [0.4, 0.5) is 0 Å². The Hall–Kier alpha value is -2.30. The summed E-state index contributed by atoms with van der Waals surface area (Å²) in [6, 6.07) is 3.58. The number of fused-ring (bicyclic) bond motifs is 1. The summed E-state index contributed by atoms with van der Waals surface area (Å²) in [5, 5.41) is 9.93. The third-order valence-corrected chi connectivity index (χ3v) is 3.70. The van der Waals surface area contributed by atoms with E-state index in [1.807, 2.05) is 6.92 Å². The maximum Gasteiger partial charge on any atom is 0.250 e. The van der Waals surface area contributed by atoms with Crippen LogP contribution in [0.25, 0.3) is 11.3 Å². The van der Waals surface area contributed by atoms with E-state index in [1.165, 1.54) is 6.20 Å². The van der Waals surface area contributed by atoms with E-state index in [0.29, 0.717) is 11.1 Å². The first-order valence-corrected chi connectivity index (χ1v) is 6.27. The SMILES string of the molecule is Cc1c(C(N)=O)c2n(c1-c1cccnc1O)CCC2. The van der Waals surface area contributed by atoms with Gasteiger partial charge in [-0.1, -0.05) is 0 Å². The van der Waals surface area contributed by atoms with Crippen LogP contribution in [-0.2, 0) is 13.0 Å². The van der Waals surface area contributed by atoms with Crippen molar-refractivity contribution in [2.24, 2.45) is 5.73 Å². The summed E-state index contributed by atoms with van der Waals surface area (Å²) in [5.74, 6) is -0.424. The molecule has 5 heteroatoms. The molecule has 19 heavy (non-hydrogen) atoms. The van der Waals surface area contributed by atoms with Crippen molar-refractivity contribution in [3.8, 4) is 17.1 Å². The van der Waals surface area contributed by atoms with Crippen LogP contribution in [0.3, 0.4) is 0 Å². The zero-order chi connectivity index (χ0) is 13.6. The van der Waals surface area contributed by atoms with Gasteiger partial charge in [-0.3, -0.25) is 4.79 Å². The van der Waals surface area contributed by atoms with Crippen LogP contribution >= 0.6 is 0 Å². The van der Waals surface area contributed by atoms with Crippen molar-refractivity contribution in [1.29, 1.82) is 0 Å². The smallest absolute Gasteiger partial charge is 0.250 e. The average Bonchev–Trinajstić information content (AvgIpc) is 2.89. The maximum absolute atomic E-state index is 11.6. The van der Waals surface area contributed by atoms with Gasteiger partial charge in [0.1, 0.15) is 0 Å². The highest BCUT2D eigenvalue weighted by atomic mass is 16.3. The second-order valence-electron chi connectivity index (χ2n) is 4.79. The van der Waals surface area contributed by atoms with Gasteiger partial charge in [-0.05, 0) is 37.5 Å². The maximum atomic E-state index is 11.6. The molecule has 0 saturated heterocycles. The lowest BCUT2D eigenvalue weighted by Gasteiger charge is -2.08. The number of nitrogens with two attached hydrogens (primary N) is 1. The number of aromatic hydroxyl groups is 1. The van der Waals surface area contributed by atoms with Gasteiger partial charge in [-0.25, -0.2) is 4.98 Å². The number of aromatic nitrogens is 2. The third-order valence-electron chi connectivity index (χ3n) is 3.70. The Morgan fingerprint density at radius 3 is 3.00 bits per heavy atom. The predicted octanol–water partition coefficient (Wildman–Crippen LogP) is 1.61. The zero-order valence-corrected chi connectivity index (χ0v) is 10.7. The number of carbonyl (C=O) groups excluding carboxylic acids is 1. The molecule has 3 heterocycles. The molecule has 1 aliphatic heterocycles. The number of hydrogen-bond acceptors (Lipinski definition) is 3. The number of nitrogens with zero attached hydrogens (tertiary/aromatic N) is 2. The van der Waals surface area contributed by atoms with Crippen LogP contribution in [0.15, 0.2) is 18.3 Å². The molecule has 3 N–H and O–H groups in total. The monoisotopic (exact) mass is 257 g/mol. The van der Waals surface area contributed by atoms with Crippen LogP contribution in [0, 0.1) is 6.92 Å². The highest BCUT2D eigenvalue weighted by molar-refractivity contribution is 5.98. The van der Waals surface area contributed by atoms with Crippen molar-refractivity contribution >= 4 is 5.91 Å². The number of rotatable bonds is 2. The second-order valence-corrected chi connectivity index (χ2v) is 4.79. The minimum Gasteiger partial charge on any atom is -0.493 e. The summed E-state index contributed by atoms with van der Waals surface area (Å²) in [5.41, 5.74) is 9.38. The van der Waals surface area contributed by atoms with E-state index >= 15 is 0 Å². The number of hydrogen-bond donors (Lipinski definition) is 2. The molecule has 2 aromatic heterocycles. The average molecular weight is 257 g/mol. The number of amides is 1. The van der Waals surface area contributed by atoms with Gasteiger partial charge in [-0.15, -0.1) is 0 Å². The molecular formula is C14H15N3O2. The first-order chi connectivity index (χ1) is 9.11. The van der Waals surface area contributed by atoms with Crippen molar-refractivity contribution in [3.63, 3.8) is 0 Å². The highest BCUT2D eigenvalue weighted by Gasteiger charge is 2.28. The topological polar surface area (TPSA) is 81.1 Å². The largest absolute Gasteiger partial charge is 0.493 e. The number of primary amides is 1. The van der Waals surface area contributed by atoms with E-state index in [-0.39, 0.29) is 5.88 Å². The molecule has 0 aromatic carbocycles. The van der Waals surface area contributed by atoms with Crippen molar-refractivity contribution in [1.82, 2.24) is 9.55 Å². The van der Waals surface area contributed by atoms with Gasteiger partial charge in [0.2, 0.25) is 5.88 Å². The van der Waals surface area contributed by atoms with Crippen molar-refractivity contribution in [2.45, 2.75) is 26.3 Å². The van der Waals surface area contributed by atoms with E-state index in [9.17, 15) is 9.90 Å². The van der Waals surface area contributed by atoms with Crippen LogP contribution in [0.1, 0.15) is 28.0 Å². The fourth-order valence-corrected chi connectivity index (χ4v) is 2.97. The molecule has 0 aliphatic carbocycles.